The summed E-state index contributed by atoms with van der Waals surface area (Å²) in [6, 6.07) is 9.56. The second-order valence-corrected chi connectivity index (χ2v) is 7.33. The van der Waals surface area contributed by atoms with Crippen LogP contribution in [0.5, 0.6) is 5.88 Å². The molecule has 0 saturated heterocycles. The zero-order valence-electron chi connectivity index (χ0n) is 12.2. The summed E-state index contributed by atoms with van der Waals surface area (Å²) < 4.78 is 28.4. The van der Waals surface area contributed by atoms with Gasteiger partial charge in [-0.25, -0.2) is 0 Å². The number of hydrogen-bond donors (Lipinski definition) is 2. The Morgan fingerprint density at radius 2 is 1.92 bits per heavy atom. The fraction of sp³-hybridized carbons (Fsp3) is 0. The highest BCUT2D eigenvalue weighted by Crippen LogP contribution is 2.40. The van der Waals surface area contributed by atoms with E-state index in [-0.39, 0.29) is 22.2 Å². The number of nitro benzene ring substituents is 1. The first kappa shape index (κ1) is 17.0. The van der Waals surface area contributed by atoms with E-state index in [0.717, 1.165) is 6.07 Å². The maximum absolute atomic E-state index is 12.2. The average Bonchev–Trinajstić information content (AvgIpc) is 2.90. The number of halogens is 1. The number of aromatic amines is 1. The molecule has 0 atom stereocenters. The number of sulfonamides is 1. The second kappa shape index (κ2) is 6.26. The molecule has 0 unspecified atom stereocenters. The van der Waals surface area contributed by atoms with Crippen molar-refractivity contribution in [2.24, 2.45) is 9.63 Å². The van der Waals surface area contributed by atoms with Crippen molar-refractivity contribution in [2.75, 3.05) is 0 Å². The predicted octanol–water partition coefficient (Wildman–Crippen LogP) is 4.02. The number of aromatic hydroxyl groups is 1. The Kier molecular flexibility index (Phi) is 4.27. The molecule has 0 saturated carbocycles. The Hall–Kier alpha value is -2.79. The lowest BCUT2D eigenvalue weighted by Crippen LogP contribution is -1.97. The van der Waals surface area contributed by atoms with Crippen molar-refractivity contribution >= 4 is 48.2 Å². The topological polar surface area (TPSA) is 138 Å². The minimum atomic E-state index is -4.28. The van der Waals surface area contributed by atoms with Crippen molar-refractivity contribution < 1.29 is 18.4 Å². The van der Waals surface area contributed by atoms with Crippen LogP contribution in [0.15, 0.2) is 61.5 Å². The van der Waals surface area contributed by atoms with Gasteiger partial charge < -0.3 is 10.1 Å². The van der Waals surface area contributed by atoms with Gasteiger partial charge in [-0.3, -0.25) is 10.1 Å². The van der Waals surface area contributed by atoms with E-state index in [2.05, 4.69) is 30.5 Å². The van der Waals surface area contributed by atoms with Crippen LogP contribution in [0, 0.1) is 10.1 Å². The van der Waals surface area contributed by atoms with Gasteiger partial charge in [0.25, 0.3) is 15.7 Å². The largest absolute Gasteiger partial charge is 0.493 e. The quantitative estimate of drug-likeness (QED) is 0.369. The Morgan fingerprint density at radius 3 is 2.64 bits per heavy atom. The molecule has 0 aliphatic rings. The fourth-order valence-electron chi connectivity index (χ4n) is 2.17. The van der Waals surface area contributed by atoms with Gasteiger partial charge in [0.2, 0.25) is 5.88 Å². The molecule has 2 aromatic carbocycles. The van der Waals surface area contributed by atoms with E-state index in [1.54, 1.807) is 18.2 Å². The van der Waals surface area contributed by atoms with Crippen LogP contribution in [0.2, 0.25) is 0 Å². The summed E-state index contributed by atoms with van der Waals surface area (Å²) in [6.07, 6.45) is 0. The molecule has 1 aromatic heterocycles. The van der Waals surface area contributed by atoms with Crippen molar-refractivity contribution in [3.8, 4) is 5.88 Å². The molecule has 0 fully saturated rings. The molecule has 0 radical (unpaired) electrons. The first-order valence-corrected chi connectivity index (χ1v) is 8.94. The summed E-state index contributed by atoms with van der Waals surface area (Å²) >= 11 is 3.29. The molecule has 3 aromatic rings. The highest BCUT2D eigenvalue weighted by Gasteiger charge is 2.19. The van der Waals surface area contributed by atoms with Crippen LogP contribution in [0.3, 0.4) is 0 Å². The minimum absolute atomic E-state index is 0.0588. The zero-order chi connectivity index (χ0) is 18.2. The maximum Gasteiger partial charge on any atom is 0.300 e. The van der Waals surface area contributed by atoms with Crippen LogP contribution >= 0.6 is 15.9 Å². The molecule has 0 spiro atoms. The van der Waals surface area contributed by atoms with Crippen LogP contribution in [-0.2, 0) is 10.0 Å². The summed E-state index contributed by atoms with van der Waals surface area (Å²) in [7, 11) is -4.28. The van der Waals surface area contributed by atoms with Gasteiger partial charge >= 0.3 is 0 Å². The summed E-state index contributed by atoms with van der Waals surface area (Å²) in [5.74, 6) is -0.347. The monoisotopic (exact) mass is 424 g/mol. The summed E-state index contributed by atoms with van der Waals surface area (Å²) in [5.41, 5.74) is 0.0963. The number of nitrogens with one attached hydrogen (secondary N) is 1. The summed E-state index contributed by atoms with van der Waals surface area (Å²) in [4.78, 5) is 12.3. The van der Waals surface area contributed by atoms with E-state index in [1.807, 2.05) is 0 Å². The highest BCUT2D eigenvalue weighted by atomic mass is 79.9. The lowest BCUT2D eigenvalue weighted by Gasteiger charge is -1.98. The Morgan fingerprint density at radius 1 is 1.20 bits per heavy atom. The van der Waals surface area contributed by atoms with Crippen LogP contribution < -0.4 is 0 Å². The number of nitro groups is 1. The number of rotatable bonds is 4. The fourth-order valence-corrected chi connectivity index (χ4v) is 3.53. The van der Waals surface area contributed by atoms with Gasteiger partial charge in [0.15, 0.2) is 5.69 Å². The van der Waals surface area contributed by atoms with Gasteiger partial charge in [0, 0.05) is 22.0 Å². The van der Waals surface area contributed by atoms with E-state index in [1.165, 1.54) is 18.2 Å². The molecule has 11 heteroatoms. The van der Waals surface area contributed by atoms with Gasteiger partial charge in [-0.15, -0.1) is 5.11 Å². The third kappa shape index (κ3) is 3.23. The summed E-state index contributed by atoms with van der Waals surface area (Å²) in [5, 5.41) is 24.8. The maximum atomic E-state index is 12.2. The number of non-ortho nitro benzene ring substituents is 1. The molecule has 0 aliphatic carbocycles. The smallest absolute Gasteiger partial charge is 0.300 e. The molecule has 3 rings (SSSR count). The summed E-state index contributed by atoms with van der Waals surface area (Å²) in [6.45, 7) is 0. The number of nitrogens with zero attached hydrogens (tertiary/aromatic N) is 3. The molecule has 2 N–H and O–H groups in total. The Bertz CT molecular complexity index is 1120. The van der Waals surface area contributed by atoms with Crippen molar-refractivity contribution in [3.05, 3.63) is 57.1 Å². The molecule has 25 heavy (non-hydrogen) atoms. The van der Waals surface area contributed by atoms with Crippen LogP contribution in [0.1, 0.15) is 0 Å². The lowest BCUT2D eigenvalue weighted by molar-refractivity contribution is -0.385. The molecule has 1 heterocycles. The van der Waals surface area contributed by atoms with Gasteiger partial charge in [-0.2, -0.15) is 8.42 Å². The van der Waals surface area contributed by atoms with Crippen molar-refractivity contribution in [1.29, 1.82) is 0 Å². The van der Waals surface area contributed by atoms with Crippen molar-refractivity contribution in [3.63, 3.8) is 0 Å². The highest BCUT2D eigenvalue weighted by molar-refractivity contribution is 9.10. The number of hydrogen-bond acceptors (Lipinski definition) is 6. The molecule has 0 aliphatic heterocycles. The first-order valence-electron chi connectivity index (χ1n) is 6.71. The molecular weight excluding hydrogens is 416 g/mol. The molecule has 0 bridgehead atoms. The number of fused-ring (bicyclic) bond motifs is 1. The molecule has 9 nitrogen and oxygen atoms in total. The van der Waals surface area contributed by atoms with Gasteiger partial charge in [0.05, 0.1) is 15.3 Å². The lowest BCUT2D eigenvalue weighted by atomic mass is 10.2. The normalized spacial score (nSPS) is 12.0. The number of H-pyrrole nitrogens is 1. The first-order chi connectivity index (χ1) is 11.8. The molecular formula is C14H9BrN4O5S. The van der Waals surface area contributed by atoms with E-state index in [4.69, 9.17) is 0 Å². The number of aromatic nitrogens is 1. The van der Waals surface area contributed by atoms with E-state index in [9.17, 15) is 23.6 Å². The number of benzene rings is 2. The predicted molar refractivity (Wildman–Crippen MR) is 92.5 cm³/mol. The van der Waals surface area contributed by atoms with Crippen LogP contribution in [-0.4, -0.2) is 23.4 Å². The second-order valence-electron chi connectivity index (χ2n) is 4.90. The third-order valence-electron chi connectivity index (χ3n) is 3.30. The zero-order valence-corrected chi connectivity index (χ0v) is 14.7. The standard InChI is InChI=1S/C14H9BrN4O5S/c15-10-5-2-6-11-12(10)13(14(20)16-11)17-18-25(23,24)9-4-1-3-8(7-9)19(21)22/h1-7,16,20H. The minimum Gasteiger partial charge on any atom is -0.493 e. The van der Waals surface area contributed by atoms with Gasteiger partial charge in [-0.1, -0.05) is 32.6 Å². The average molecular weight is 425 g/mol. The van der Waals surface area contributed by atoms with Gasteiger partial charge in [0.1, 0.15) is 0 Å². The third-order valence-corrected chi connectivity index (χ3v) is 5.11. The van der Waals surface area contributed by atoms with E-state index in [0.29, 0.717) is 15.4 Å². The molecule has 0 amide bonds. The van der Waals surface area contributed by atoms with Crippen molar-refractivity contribution in [2.45, 2.75) is 4.90 Å². The van der Waals surface area contributed by atoms with Crippen LogP contribution in [0.25, 0.3) is 10.9 Å². The van der Waals surface area contributed by atoms with Gasteiger partial charge in [-0.05, 0) is 18.2 Å². The Labute approximate surface area is 149 Å². The SMILES string of the molecule is O=[N+]([O-])c1cccc(S(=O)(=O)N=Nc2c(O)[nH]c3cccc(Br)c23)c1. The van der Waals surface area contributed by atoms with Crippen LogP contribution in [0.4, 0.5) is 11.4 Å². The Balaban J connectivity index is 2.06. The van der Waals surface area contributed by atoms with Crippen molar-refractivity contribution in [1.82, 2.24) is 4.98 Å². The van der Waals surface area contributed by atoms with E-state index < -0.39 is 14.9 Å². The van der Waals surface area contributed by atoms with E-state index >= 15 is 0 Å². The molecule has 128 valence electrons.